The largest absolute Gasteiger partial charge is 0.586 e. The van der Waals surface area contributed by atoms with Crippen LogP contribution in [0.1, 0.15) is 12.0 Å². The van der Waals surface area contributed by atoms with Gasteiger partial charge < -0.3 is 19.5 Å². The molecule has 0 radical (unpaired) electrons. The Labute approximate surface area is 131 Å². The summed E-state index contributed by atoms with van der Waals surface area (Å²) in [6, 6.07) is 4.82. The van der Waals surface area contributed by atoms with E-state index in [2.05, 4.69) is 19.7 Å². The molecule has 1 unspecified atom stereocenters. The highest BCUT2D eigenvalue weighted by Crippen LogP contribution is 2.41. The second-order valence-corrected chi connectivity index (χ2v) is 6.16. The third kappa shape index (κ3) is 2.84. The molecule has 0 saturated carbocycles. The average molecular weight is 326 g/mol. The molecule has 6 nitrogen and oxygen atoms in total. The zero-order valence-electron chi connectivity index (χ0n) is 12.3. The zero-order valence-corrected chi connectivity index (χ0v) is 12.3. The lowest BCUT2D eigenvalue weighted by atomic mass is 10.0. The Bertz CT molecular complexity index is 642. The number of fused-ring (bicyclic) bond motifs is 1. The third-order valence-corrected chi connectivity index (χ3v) is 4.38. The minimum absolute atomic E-state index is 0.0509. The van der Waals surface area contributed by atoms with Gasteiger partial charge in [-0.3, -0.25) is 9.69 Å². The highest BCUT2D eigenvalue weighted by molar-refractivity contribution is 5.78. The predicted molar refractivity (Wildman–Crippen MR) is 74.2 cm³/mol. The van der Waals surface area contributed by atoms with E-state index in [1.807, 2.05) is 0 Å². The molecule has 1 aromatic rings. The number of halogens is 2. The van der Waals surface area contributed by atoms with Gasteiger partial charge >= 0.3 is 6.29 Å². The SMILES string of the molecule is O=C1COC2(CCN(Cc3ccc4c(c3)OC(F)(F)O4)C2)CN1. The monoisotopic (exact) mass is 326 g/mol. The number of amides is 1. The van der Waals surface area contributed by atoms with Crippen molar-refractivity contribution in [2.45, 2.75) is 24.9 Å². The summed E-state index contributed by atoms with van der Waals surface area (Å²) in [4.78, 5) is 13.4. The van der Waals surface area contributed by atoms with Crippen LogP contribution in [0, 0.1) is 0 Å². The van der Waals surface area contributed by atoms with Crippen LogP contribution in [0.25, 0.3) is 0 Å². The lowest BCUT2D eigenvalue weighted by molar-refractivity contribution is -0.286. The quantitative estimate of drug-likeness (QED) is 0.882. The minimum atomic E-state index is -3.59. The van der Waals surface area contributed by atoms with E-state index in [0.717, 1.165) is 18.5 Å². The molecule has 124 valence electrons. The molecule has 0 bridgehead atoms. The van der Waals surface area contributed by atoms with Crippen molar-refractivity contribution in [3.63, 3.8) is 0 Å². The number of morpholine rings is 1. The van der Waals surface area contributed by atoms with Gasteiger partial charge in [-0.05, 0) is 24.1 Å². The molecule has 3 aliphatic heterocycles. The van der Waals surface area contributed by atoms with Crippen LogP contribution < -0.4 is 14.8 Å². The highest BCUT2D eigenvalue weighted by Gasteiger charge is 2.44. The van der Waals surface area contributed by atoms with Crippen LogP contribution in [0.4, 0.5) is 8.78 Å². The molecule has 1 spiro atoms. The summed E-state index contributed by atoms with van der Waals surface area (Å²) in [5, 5.41) is 2.83. The fourth-order valence-electron chi connectivity index (χ4n) is 3.25. The molecule has 2 fully saturated rings. The number of hydrogen-bond acceptors (Lipinski definition) is 5. The van der Waals surface area contributed by atoms with Crippen molar-refractivity contribution in [2.75, 3.05) is 26.2 Å². The number of rotatable bonds is 2. The van der Waals surface area contributed by atoms with E-state index in [9.17, 15) is 13.6 Å². The predicted octanol–water partition coefficient (Wildman–Crippen LogP) is 1.10. The maximum absolute atomic E-state index is 13.0. The van der Waals surface area contributed by atoms with Gasteiger partial charge in [0, 0.05) is 26.2 Å². The summed E-state index contributed by atoms with van der Waals surface area (Å²) in [6.07, 6.45) is -2.76. The number of likely N-dealkylation sites (tertiary alicyclic amines) is 1. The Kier molecular flexibility index (Phi) is 3.21. The van der Waals surface area contributed by atoms with Crippen molar-refractivity contribution in [1.29, 1.82) is 0 Å². The summed E-state index contributed by atoms with van der Waals surface area (Å²) in [7, 11) is 0. The molecule has 0 aliphatic carbocycles. The molecule has 2 saturated heterocycles. The number of nitrogens with one attached hydrogen (secondary N) is 1. The van der Waals surface area contributed by atoms with Crippen molar-refractivity contribution in [1.82, 2.24) is 10.2 Å². The first-order chi connectivity index (χ1) is 10.9. The van der Waals surface area contributed by atoms with Crippen molar-refractivity contribution >= 4 is 5.91 Å². The van der Waals surface area contributed by atoms with Gasteiger partial charge in [-0.15, -0.1) is 8.78 Å². The first-order valence-electron chi connectivity index (χ1n) is 7.45. The molecule has 8 heteroatoms. The summed E-state index contributed by atoms with van der Waals surface area (Å²) in [6.45, 7) is 2.71. The van der Waals surface area contributed by atoms with Crippen molar-refractivity contribution < 1.29 is 27.8 Å². The third-order valence-electron chi connectivity index (χ3n) is 4.38. The number of benzene rings is 1. The lowest BCUT2D eigenvalue weighted by Gasteiger charge is -2.33. The Balaban J connectivity index is 1.41. The second-order valence-electron chi connectivity index (χ2n) is 6.16. The van der Waals surface area contributed by atoms with Gasteiger partial charge in [-0.2, -0.15) is 0 Å². The molecular weight excluding hydrogens is 310 g/mol. The number of carbonyl (C=O) groups is 1. The van der Waals surface area contributed by atoms with Crippen LogP contribution in [0.2, 0.25) is 0 Å². The van der Waals surface area contributed by atoms with Crippen LogP contribution in [0.15, 0.2) is 18.2 Å². The molecule has 23 heavy (non-hydrogen) atoms. The molecule has 0 aromatic heterocycles. The Morgan fingerprint density at radius 3 is 2.87 bits per heavy atom. The summed E-state index contributed by atoms with van der Waals surface area (Å²) >= 11 is 0. The molecule has 1 atom stereocenters. The fourth-order valence-corrected chi connectivity index (χ4v) is 3.25. The van der Waals surface area contributed by atoms with Crippen molar-refractivity contribution in [2.24, 2.45) is 0 Å². The van der Waals surface area contributed by atoms with Crippen LogP contribution >= 0.6 is 0 Å². The van der Waals surface area contributed by atoms with E-state index in [4.69, 9.17) is 4.74 Å². The normalized spacial score (nSPS) is 29.0. The fraction of sp³-hybridized carbons (Fsp3) is 0.533. The summed E-state index contributed by atoms with van der Waals surface area (Å²) < 4.78 is 40.7. The summed E-state index contributed by atoms with van der Waals surface area (Å²) in [5.74, 6) is 0.0170. The molecule has 3 aliphatic rings. The maximum atomic E-state index is 13.0. The van der Waals surface area contributed by atoms with Gasteiger partial charge in [-0.25, -0.2) is 0 Å². The van der Waals surface area contributed by atoms with Crippen LogP contribution in [0.5, 0.6) is 11.5 Å². The van der Waals surface area contributed by atoms with E-state index in [1.165, 1.54) is 6.07 Å². The zero-order chi connectivity index (χ0) is 16.1. The Morgan fingerprint density at radius 2 is 2.09 bits per heavy atom. The van der Waals surface area contributed by atoms with Crippen molar-refractivity contribution in [3.8, 4) is 11.5 Å². The number of carbonyl (C=O) groups excluding carboxylic acids is 1. The highest BCUT2D eigenvalue weighted by atomic mass is 19.3. The number of hydrogen-bond donors (Lipinski definition) is 1. The standard InChI is InChI=1S/C15H16F2N2O4/c16-15(17)22-11-2-1-10(5-12(11)23-15)6-19-4-3-14(9-19)8-18-13(20)7-21-14/h1-2,5H,3-4,6-9H2,(H,18,20). The number of alkyl halides is 2. The van der Waals surface area contributed by atoms with Crippen LogP contribution in [-0.4, -0.2) is 48.9 Å². The molecule has 1 amide bonds. The van der Waals surface area contributed by atoms with Crippen LogP contribution in [0.3, 0.4) is 0 Å². The molecule has 1 aromatic carbocycles. The first-order valence-corrected chi connectivity index (χ1v) is 7.45. The summed E-state index contributed by atoms with van der Waals surface area (Å²) in [5.41, 5.74) is 0.527. The van der Waals surface area contributed by atoms with Gasteiger partial charge in [0.2, 0.25) is 5.91 Å². The Morgan fingerprint density at radius 1 is 1.26 bits per heavy atom. The van der Waals surface area contributed by atoms with Crippen molar-refractivity contribution in [3.05, 3.63) is 23.8 Å². The number of ether oxygens (including phenoxy) is 3. The van der Waals surface area contributed by atoms with E-state index < -0.39 is 6.29 Å². The van der Waals surface area contributed by atoms with E-state index in [0.29, 0.717) is 19.6 Å². The topological polar surface area (TPSA) is 60.0 Å². The smallest absolute Gasteiger partial charge is 0.395 e. The second kappa shape index (κ2) is 5.04. The van der Waals surface area contributed by atoms with Gasteiger partial charge in [-0.1, -0.05) is 6.07 Å². The van der Waals surface area contributed by atoms with Gasteiger partial charge in [0.05, 0.1) is 5.60 Å². The molecule has 1 N–H and O–H groups in total. The number of nitrogens with zero attached hydrogens (tertiary/aromatic N) is 1. The van der Waals surface area contributed by atoms with Gasteiger partial charge in [0.25, 0.3) is 0 Å². The average Bonchev–Trinajstić information content (AvgIpc) is 3.02. The van der Waals surface area contributed by atoms with Gasteiger partial charge in [0.1, 0.15) is 6.61 Å². The van der Waals surface area contributed by atoms with Crippen LogP contribution in [-0.2, 0) is 16.1 Å². The first kappa shape index (κ1) is 14.6. The molecular formula is C15H16F2N2O4. The van der Waals surface area contributed by atoms with Gasteiger partial charge in [0.15, 0.2) is 11.5 Å². The maximum Gasteiger partial charge on any atom is 0.586 e. The van der Waals surface area contributed by atoms with E-state index >= 15 is 0 Å². The Hall–Kier alpha value is -1.93. The van der Waals surface area contributed by atoms with E-state index in [-0.39, 0.29) is 29.6 Å². The molecule has 4 rings (SSSR count). The minimum Gasteiger partial charge on any atom is -0.395 e. The lowest BCUT2D eigenvalue weighted by Crippen LogP contribution is -2.53. The molecule has 3 heterocycles. The van der Waals surface area contributed by atoms with E-state index in [1.54, 1.807) is 12.1 Å².